The minimum atomic E-state index is -0.474. The van der Waals surface area contributed by atoms with Gasteiger partial charge in [-0.15, -0.1) is 33.7 Å². The van der Waals surface area contributed by atoms with Gasteiger partial charge in [-0.1, -0.05) is 78.0 Å². The molecule has 0 fully saturated rings. The van der Waals surface area contributed by atoms with E-state index >= 15 is 0 Å². The molecule has 0 saturated heterocycles. The van der Waals surface area contributed by atoms with Crippen LogP contribution in [0.3, 0.4) is 0 Å². The molecule has 1 aliphatic carbocycles. The van der Waals surface area contributed by atoms with Crippen LogP contribution in [-0.2, 0) is 25.8 Å². The summed E-state index contributed by atoms with van der Waals surface area (Å²) in [5, 5.41) is 7.15. The van der Waals surface area contributed by atoms with Crippen molar-refractivity contribution in [2.24, 2.45) is 0 Å². The van der Waals surface area contributed by atoms with Crippen molar-refractivity contribution in [3.8, 4) is 0 Å². The second-order valence-electron chi connectivity index (χ2n) is 6.01. The normalized spacial score (nSPS) is 12.7. The van der Waals surface area contributed by atoms with Crippen molar-refractivity contribution < 1.29 is 50.7 Å². The Hall–Kier alpha value is -0.543. The number of fused-ring (bicyclic) bond motifs is 3. The van der Waals surface area contributed by atoms with Gasteiger partial charge in [0, 0.05) is 25.8 Å². The molecule has 0 heterocycles. The van der Waals surface area contributed by atoms with Crippen molar-refractivity contribution >= 4 is 41.1 Å². The number of halogens is 2. The van der Waals surface area contributed by atoms with Gasteiger partial charge in [0.15, 0.2) is 0 Å². The molecule has 123 valence electrons. The number of rotatable bonds is 2. The van der Waals surface area contributed by atoms with Crippen LogP contribution in [0.1, 0.15) is 12.0 Å². The minimum Gasteiger partial charge on any atom is -1.00 e. The summed E-state index contributed by atoms with van der Waals surface area (Å²) in [7, 11) is -0.474. The Bertz CT molecular complexity index is 907. The Morgan fingerprint density at radius 1 is 0.958 bits per heavy atom. The van der Waals surface area contributed by atoms with E-state index in [1.165, 1.54) is 32.7 Å². The first kappa shape index (κ1) is 21.5. The summed E-state index contributed by atoms with van der Waals surface area (Å²) in [6, 6.07) is 15.8. The second kappa shape index (κ2) is 8.71. The van der Waals surface area contributed by atoms with E-state index in [2.05, 4.69) is 73.8 Å². The zero-order valence-corrected chi connectivity index (χ0v) is 19.8. The Labute approximate surface area is 176 Å². The molecule has 0 aromatic heterocycles. The average Bonchev–Trinajstić information content (AvgIpc) is 3.13. The van der Waals surface area contributed by atoms with Gasteiger partial charge in [-0.05, 0) is 6.42 Å². The van der Waals surface area contributed by atoms with Crippen molar-refractivity contribution in [1.82, 2.24) is 0 Å². The third-order valence-corrected chi connectivity index (χ3v) is 5.92. The zero-order chi connectivity index (χ0) is 14.4. The van der Waals surface area contributed by atoms with Crippen molar-refractivity contribution in [3.63, 3.8) is 0 Å². The van der Waals surface area contributed by atoms with Crippen LogP contribution in [-0.4, -0.2) is 8.80 Å². The van der Waals surface area contributed by atoms with Gasteiger partial charge in [0.2, 0.25) is 0 Å². The number of allylic oxidation sites excluding steroid dienone is 4. The van der Waals surface area contributed by atoms with E-state index < -0.39 is 8.80 Å². The second-order valence-corrected chi connectivity index (χ2v) is 8.54. The maximum absolute atomic E-state index is 2.39. The largest absolute Gasteiger partial charge is 1.00 e. The van der Waals surface area contributed by atoms with Crippen LogP contribution in [0.15, 0.2) is 60.7 Å². The molecule has 3 aromatic rings. The Morgan fingerprint density at radius 2 is 1.71 bits per heavy atom. The standard InChI is InChI=1S/C20H18Si.2ClH.Hf/c1-21(2)19-12-11-17-16-10-6-5-9-15(16)13-18(17)20(19)14-7-3-4-8-14;;;/h3-7,9-13H,8H2,1-2H3;2*1H;/q-1;;;/p-2. The smallest absolute Gasteiger partial charge is 0.0699 e. The molecule has 3 aromatic carbocycles. The summed E-state index contributed by atoms with van der Waals surface area (Å²) in [5.41, 5.74) is 2.99. The SMILES string of the molecule is C[Si](C)c1ccc2c([cH-]c3ccccc32)c1C1=CC=CC1.[Cl-].[Cl-].[Hf]. The molecule has 0 bridgehead atoms. The molecule has 0 nitrogen and oxygen atoms in total. The summed E-state index contributed by atoms with van der Waals surface area (Å²) < 4.78 is 0. The van der Waals surface area contributed by atoms with Gasteiger partial charge in [-0.3, -0.25) is 0 Å². The molecule has 0 N–H and O–H groups in total. The fraction of sp³-hybridized carbons (Fsp3) is 0.150. The first-order valence-electron chi connectivity index (χ1n) is 7.53. The third kappa shape index (κ3) is 3.53. The molecule has 0 atom stereocenters. The van der Waals surface area contributed by atoms with E-state index in [-0.39, 0.29) is 50.7 Å². The van der Waals surface area contributed by atoms with Gasteiger partial charge < -0.3 is 24.8 Å². The number of hydrogen-bond donors (Lipinski definition) is 0. The number of hydrogen-bond acceptors (Lipinski definition) is 0. The first-order chi connectivity index (χ1) is 10.3. The maximum Gasteiger partial charge on any atom is 0.0699 e. The van der Waals surface area contributed by atoms with Crippen LogP contribution in [0.5, 0.6) is 0 Å². The summed E-state index contributed by atoms with van der Waals surface area (Å²) in [6.45, 7) is 4.78. The van der Waals surface area contributed by atoms with Crippen LogP contribution in [0.25, 0.3) is 27.1 Å². The van der Waals surface area contributed by atoms with Gasteiger partial charge in [0.1, 0.15) is 0 Å². The average molecular weight is 536 g/mol. The topological polar surface area (TPSA) is 0 Å². The summed E-state index contributed by atoms with van der Waals surface area (Å²) in [6.07, 6.45) is 7.82. The van der Waals surface area contributed by atoms with E-state index in [1.807, 2.05) is 0 Å². The maximum atomic E-state index is 2.39. The summed E-state index contributed by atoms with van der Waals surface area (Å²) in [4.78, 5) is 0. The summed E-state index contributed by atoms with van der Waals surface area (Å²) in [5.74, 6) is 0. The van der Waals surface area contributed by atoms with E-state index in [0.29, 0.717) is 0 Å². The molecular formula is C20H18Cl2HfSi-3. The van der Waals surface area contributed by atoms with Crippen LogP contribution >= 0.6 is 0 Å². The van der Waals surface area contributed by atoms with E-state index in [9.17, 15) is 0 Å². The molecule has 0 aliphatic heterocycles. The molecule has 24 heavy (non-hydrogen) atoms. The molecule has 0 saturated carbocycles. The number of benzene rings is 2. The van der Waals surface area contributed by atoms with Crippen LogP contribution in [0.4, 0.5) is 0 Å². The van der Waals surface area contributed by atoms with Crippen LogP contribution < -0.4 is 30.0 Å². The fourth-order valence-corrected chi connectivity index (χ4v) is 4.64. The monoisotopic (exact) mass is 536 g/mol. The Kier molecular flexibility index (Phi) is 7.80. The molecule has 4 heteroatoms. The summed E-state index contributed by atoms with van der Waals surface area (Å²) >= 11 is 0. The molecular weight excluding hydrogens is 518 g/mol. The third-order valence-electron chi connectivity index (χ3n) is 4.43. The first-order valence-corrected chi connectivity index (χ1v) is 10.0. The Balaban J connectivity index is 0.000000960. The molecule has 1 aliphatic rings. The van der Waals surface area contributed by atoms with Crippen molar-refractivity contribution in [3.05, 3.63) is 66.3 Å². The van der Waals surface area contributed by atoms with Gasteiger partial charge in [-0.25, -0.2) is 0 Å². The predicted octanol–water partition coefficient (Wildman–Crippen LogP) is -0.978. The molecule has 4 rings (SSSR count). The van der Waals surface area contributed by atoms with Crippen LogP contribution in [0, 0.1) is 0 Å². The van der Waals surface area contributed by atoms with Crippen molar-refractivity contribution in [2.75, 3.05) is 0 Å². The van der Waals surface area contributed by atoms with E-state index in [1.54, 1.807) is 5.19 Å². The van der Waals surface area contributed by atoms with Gasteiger partial charge in [-0.2, -0.15) is 0 Å². The molecule has 0 spiro atoms. The predicted molar refractivity (Wildman–Crippen MR) is 95.9 cm³/mol. The fourth-order valence-electron chi connectivity index (χ4n) is 3.42. The van der Waals surface area contributed by atoms with Crippen LogP contribution in [0.2, 0.25) is 13.1 Å². The molecule has 0 unspecified atom stereocenters. The molecule has 1 radical (unpaired) electrons. The van der Waals surface area contributed by atoms with Crippen molar-refractivity contribution in [1.29, 1.82) is 0 Å². The van der Waals surface area contributed by atoms with Gasteiger partial charge in [0.25, 0.3) is 0 Å². The van der Waals surface area contributed by atoms with E-state index in [4.69, 9.17) is 0 Å². The minimum absolute atomic E-state index is 0. The quantitative estimate of drug-likeness (QED) is 0.293. The van der Waals surface area contributed by atoms with E-state index in [0.717, 1.165) is 6.42 Å². The van der Waals surface area contributed by atoms with Crippen molar-refractivity contribution in [2.45, 2.75) is 19.5 Å². The Morgan fingerprint density at radius 3 is 2.38 bits per heavy atom. The molecule has 0 amide bonds. The van der Waals surface area contributed by atoms with Gasteiger partial charge in [0.05, 0.1) is 8.80 Å². The van der Waals surface area contributed by atoms with Gasteiger partial charge >= 0.3 is 0 Å². The zero-order valence-electron chi connectivity index (χ0n) is 13.7.